The van der Waals surface area contributed by atoms with Crippen molar-refractivity contribution in [2.45, 2.75) is 0 Å². The highest BCUT2D eigenvalue weighted by molar-refractivity contribution is 6.04. The van der Waals surface area contributed by atoms with Crippen LogP contribution < -0.4 is 15.4 Å². The van der Waals surface area contributed by atoms with Crippen molar-refractivity contribution in [3.8, 4) is 16.9 Å². The third-order valence-electron chi connectivity index (χ3n) is 4.61. The Morgan fingerprint density at radius 1 is 0.767 bits per heavy atom. The molecule has 0 bridgehead atoms. The van der Waals surface area contributed by atoms with Crippen molar-refractivity contribution >= 4 is 23.0 Å². The van der Waals surface area contributed by atoms with Gasteiger partial charge in [0, 0.05) is 28.7 Å². The maximum Gasteiger partial charge on any atom is 0.255 e. The van der Waals surface area contributed by atoms with Crippen molar-refractivity contribution in [1.29, 1.82) is 0 Å². The Hall–Kier alpha value is -4.12. The van der Waals surface area contributed by atoms with Gasteiger partial charge >= 0.3 is 0 Å². The molecular weight excluding hydrogens is 374 g/mol. The molecule has 4 aromatic rings. The predicted octanol–water partition coefficient (Wildman–Crippen LogP) is 5.75. The summed E-state index contributed by atoms with van der Waals surface area (Å²) in [5.74, 6) is 0.669. The first-order valence-corrected chi connectivity index (χ1v) is 9.54. The molecule has 0 unspecified atom stereocenters. The van der Waals surface area contributed by atoms with E-state index in [1.807, 2.05) is 72.8 Å². The lowest BCUT2D eigenvalue weighted by atomic mass is 10.1. The Labute approximate surface area is 175 Å². The number of amides is 1. The first-order chi connectivity index (χ1) is 14.7. The van der Waals surface area contributed by atoms with Crippen molar-refractivity contribution in [2.24, 2.45) is 0 Å². The number of aromatic nitrogens is 1. The van der Waals surface area contributed by atoms with Gasteiger partial charge in [-0.05, 0) is 60.2 Å². The van der Waals surface area contributed by atoms with Crippen LogP contribution in [0.25, 0.3) is 11.1 Å². The second-order valence-corrected chi connectivity index (χ2v) is 6.72. The minimum Gasteiger partial charge on any atom is -0.497 e. The lowest BCUT2D eigenvalue weighted by Crippen LogP contribution is -2.11. The highest BCUT2D eigenvalue weighted by atomic mass is 16.5. The van der Waals surface area contributed by atoms with Crippen molar-refractivity contribution in [1.82, 2.24) is 4.98 Å². The summed E-state index contributed by atoms with van der Waals surface area (Å²) >= 11 is 0. The summed E-state index contributed by atoms with van der Waals surface area (Å²) in [7, 11) is 1.65. The van der Waals surface area contributed by atoms with E-state index in [1.54, 1.807) is 31.6 Å². The Kier molecular flexibility index (Phi) is 5.71. The maximum atomic E-state index is 12.4. The standard InChI is InChI=1S/C25H21N3O2/c1-30-24-12-10-21(11-13-24)27-23-15-20(16-26-17-23)19-8-5-9-22(14-19)28-25(29)18-6-3-2-4-7-18/h2-17,27H,1H3,(H,28,29). The van der Waals surface area contributed by atoms with Crippen LogP contribution in [0.5, 0.6) is 5.75 Å². The average Bonchev–Trinajstić information content (AvgIpc) is 2.80. The van der Waals surface area contributed by atoms with Gasteiger partial charge < -0.3 is 15.4 Å². The van der Waals surface area contributed by atoms with E-state index in [2.05, 4.69) is 15.6 Å². The zero-order chi connectivity index (χ0) is 20.8. The summed E-state index contributed by atoms with van der Waals surface area (Å²) in [6.45, 7) is 0. The largest absolute Gasteiger partial charge is 0.497 e. The monoisotopic (exact) mass is 395 g/mol. The summed E-state index contributed by atoms with van der Waals surface area (Å²) in [5.41, 5.74) is 5.08. The second-order valence-electron chi connectivity index (χ2n) is 6.72. The Bertz CT molecular complexity index is 1140. The van der Waals surface area contributed by atoms with E-state index in [-0.39, 0.29) is 5.91 Å². The molecule has 0 saturated carbocycles. The number of pyridine rings is 1. The van der Waals surface area contributed by atoms with Gasteiger partial charge in [0.25, 0.3) is 5.91 Å². The fourth-order valence-electron chi connectivity index (χ4n) is 3.08. The fourth-order valence-corrected chi connectivity index (χ4v) is 3.08. The van der Waals surface area contributed by atoms with E-state index in [0.717, 1.165) is 33.9 Å². The van der Waals surface area contributed by atoms with Crippen LogP contribution in [0.4, 0.5) is 17.1 Å². The molecule has 0 aliphatic carbocycles. The lowest BCUT2D eigenvalue weighted by Gasteiger charge is -2.10. The number of benzene rings is 3. The summed E-state index contributed by atoms with van der Waals surface area (Å²) in [5, 5.41) is 6.29. The van der Waals surface area contributed by atoms with Crippen LogP contribution in [0.15, 0.2) is 97.3 Å². The minimum atomic E-state index is -0.138. The van der Waals surface area contributed by atoms with Crippen LogP contribution in [-0.4, -0.2) is 18.0 Å². The molecule has 0 radical (unpaired) electrons. The number of hydrogen-bond donors (Lipinski definition) is 2. The molecule has 30 heavy (non-hydrogen) atoms. The maximum absolute atomic E-state index is 12.4. The first-order valence-electron chi connectivity index (χ1n) is 9.54. The quantitative estimate of drug-likeness (QED) is 0.436. The topological polar surface area (TPSA) is 63.2 Å². The summed E-state index contributed by atoms with van der Waals surface area (Å²) in [6.07, 6.45) is 3.58. The molecule has 1 amide bonds. The number of hydrogen-bond acceptors (Lipinski definition) is 4. The van der Waals surface area contributed by atoms with Gasteiger partial charge in [-0.1, -0.05) is 30.3 Å². The molecule has 148 valence electrons. The van der Waals surface area contributed by atoms with Crippen LogP contribution in [0.3, 0.4) is 0 Å². The van der Waals surface area contributed by atoms with E-state index < -0.39 is 0 Å². The second kappa shape index (κ2) is 8.92. The number of nitrogens with zero attached hydrogens (tertiary/aromatic N) is 1. The molecule has 0 spiro atoms. The van der Waals surface area contributed by atoms with Crippen molar-refractivity contribution in [3.05, 3.63) is 103 Å². The van der Waals surface area contributed by atoms with Gasteiger partial charge in [0.05, 0.1) is 19.0 Å². The highest BCUT2D eigenvalue weighted by Crippen LogP contribution is 2.26. The van der Waals surface area contributed by atoms with E-state index in [1.165, 1.54) is 0 Å². The molecule has 3 aromatic carbocycles. The van der Waals surface area contributed by atoms with E-state index in [4.69, 9.17) is 4.74 Å². The number of methoxy groups -OCH3 is 1. The van der Waals surface area contributed by atoms with E-state index >= 15 is 0 Å². The normalized spacial score (nSPS) is 10.3. The zero-order valence-corrected chi connectivity index (χ0v) is 16.5. The number of rotatable bonds is 6. The van der Waals surface area contributed by atoms with Gasteiger partial charge in [-0.25, -0.2) is 0 Å². The Balaban J connectivity index is 1.52. The van der Waals surface area contributed by atoms with Crippen LogP contribution in [0, 0.1) is 0 Å². The fraction of sp³-hybridized carbons (Fsp3) is 0.0400. The van der Waals surface area contributed by atoms with Gasteiger partial charge in [-0.3, -0.25) is 9.78 Å². The first kappa shape index (κ1) is 19.2. The van der Waals surface area contributed by atoms with Crippen LogP contribution in [0.2, 0.25) is 0 Å². The number of carbonyl (C=O) groups excluding carboxylic acids is 1. The average molecular weight is 395 g/mol. The highest BCUT2D eigenvalue weighted by Gasteiger charge is 2.07. The number of carbonyl (C=O) groups is 1. The van der Waals surface area contributed by atoms with Crippen LogP contribution in [-0.2, 0) is 0 Å². The number of ether oxygens (including phenoxy) is 1. The van der Waals surface area contributed by atoms with Gasteiger partial charge in [0.2, 0.25) is 0 Å². The molecule has 0 aliphatic heterocycles. The summed E-state index contributed by atoms with van der Waals surface area (Å²) in [6, 6.07) is 26.6. The Morgan fingerprint density at radius 3 is 2.30 bits per heavy atom. The van der Waals surface area contributed by atoms with Gasteiger partial charge in [-0.15, -0.1) is 0 Å². The smallest absolute Gasteiger partial charge is 0.255 e. The van der Waals surface area contributed by atoms with Gasteiger partial charge in [0.1, 0.15) is 5.75 Å². The molecule has 1 heterocycles. The molecule has 5 heteroatoms. The Morgan fingerprint density at radius 2 is 1.53 bits per heavy atom. The lowest BCUT2D eigenvalue weighted by molar-refractivity contribution is 0.102. The van der Waals surface area contributed by atoms with E-state index in [9.17, 15) is 4.79 Å². The van der Waals surface area contributed by atoms with Crippen LogP contribution in [0.1, 0.15) is 10.4 Å². The zero-order valence-electron chi connectivity index (χ0n) is 16.5. The number of nitrogens with one attached hydrogen (secondary N) is 2. The molecular formula is C25H21N3O2. The van der Waals surface area contributed by atoms with E-state index in [0.29, 0.717) is 5.56 Å². The predicted molar refractivity (Wildman–Crippen MR) is 120 cm³/mol. The van der Waals surface area contributed by atoms with Crippen LogP contribution >= 0.6 is 0 Å². The minimum absolute atomic E-state index is 0.138. The third-order valence-corrected chi connectivity index (χ3v) is 4.61. The van der Waals surface area contributed by atoms with Crippen molar-refractivity contribution < 1.29 is 9.53 Å². The third kappa shape index (κ3) is 4.64. The van der Waals surface area contributed by atoms with Gasteiger partial charge in [0.15, 0.2) is 0 Å². The molecule has 4 rings (SSSR count). The SMILES string of the molecule is COc1ccc(Nc2cncc(-c3cccc(NC(=O)c4ccccc4)c3)c2)cc1. The molecule has 5 nitrogen and oxygen atoms in total. The van der Waals surface area contributed by atoms with Gasteiger partial charge in [-0.2, -0.15) is 0 Å². The molecule has 0 atom stereocenters. The van der Waals surface area contributed by atoms with Crippen molar-refractivity contribution in [2.75, 3.05) is 17.7 Å². The summed E-state index contributed by atoms with van der Waals surface area (Å²) in [4.78, 5) is 16.8. The molecule has 0 aliphatic rings. The summed E-state index contributed by atoms with van der Waals surface area (Å²) < 4.78 is 5.19. The molecule has 1 aromatic heterocycles. The molecule has 0 saturated heterocycles. The molecule has 2 N–H and O–H groups in total. The molecule has 0 fully saturated rings. The van der Waals surface area contributed by atoms with Crippen molar-refractivity contribution in [3.63, 3.8) is 0 Å². The number of anilines is 3.